The lowest BCUT2D eigenvalue weighted by Crippen LogP contribution is -2.29. The van der Waals surface area contributed by atoms with Crippen LogP contribution in [0, 0.1) is 11.8 Å². The number of ether oxygens (including phenoxy) is 1. The molecule has 0 heterocycles. The number of esters is 1. The average molecular weight is 169 g/mol. The van der Waals surface area contributed by atoms with E-state index in [0.29, 0.717) is 6.61 Å². The van der Waals surface area contributed by atoms with Gasteiger partial charge in [-0.05, 0) is 19.8 Å². The van der Waals surface area contributed by atoms with Crippen molar-refractivity contribution >= 4 is 11.9 Å². The summed E-state index contributed by atoms with van der Waals surface area (Å²) in [5.41, 5.74) is 0. The third kappa shape index (κ3) is 5.30. The zero-order valence-corrected chi connectivity index (χ0v) is 7.14. The van der Waals surface area contributed by atoms with E-state index in [9.17, 15) is 9.59 Å². The van der Waals surface area contributed by atoms with Gasteiger partial charge in [-0.3, -0.25) is 9.59 Å². The van der Waals surface area contributed by atoms with Crippen LogP contribution in [0.2, 0.25) is 0 Å². The molecule has 0 aromatic carbocycles. The van der Waals surface area contributed by atoms with Crippen molar-refractivity contribution in [2.75, 3.05) is 13.2 Å². The van der Waals surface area contributed by atoms with Crippen molar-refractivity contribution in [1.82, 2.24) is 5.32 Å². The van der Waals surface area contributed by atoms with Gasteiger partial charge < -0.3 is 10.1 Å². The molecule has 1 amide bonds. The second-order valence-corrected chi connectivity index (χ2v) is 1.86. The van der Waals surface area contributed by atoms with Crippen molar-refractivity contribution in [3.8, 4) is 11.8 Å². The fourth-order valence-electron chi connectivity index (χ4n) is 0.522. The van der Waals surface area contributed by atoms with E-state index in [2.05, 4.69) is 21.9 Å². The molecule has 12 heavy (non-hydrogen) atoms. The van der Waals surface area contributed by atoms with Gasteiger partial charge in [0.05, 0.1) is 6.61 Å². The van der Waals surface area contributed by atoms with Crippen LogP contribution in [-0.4, -0.2) is 25.0 Å². The first-order chi connectivity index (χ1) is 5.70. The second kappa shape index (κ2) is 6.23. The van der Waals surface area contributed by atoms with Crippen LogP contribution >= 0.6 is 0 Å². The molecule has 0 fully saturated rings. The number of carbonyl (C=O) groups is 2. The lowest BCUT2D eigenvalue weighted by molar-refractivity contribution is -0.143. The smallest absolute Gasteiger partial charge is 0.325 e. The first-order valence-corrected chi connectivity index (χ1v) is 3.57. The SMILES string of the molecule is CC#CC(=O)NCC(=O)OCC. The first kappa shape index (κ1) is 10.5. The minimum Gasteiger partial charge on any atom is -0.465 e. The third-order valence-electron chi connectivity index (χ3n) is 0.937. The Labute approximate surface area is 71.3 Å². The number of hydrogen-bond acceptors (Lipinski definition) is 3. The van der Waals surface area contributed by atoms with Crippen molar-refractivity contribution < 1.29 is 14.3 Å². The summed E-state index contributed by atoms with van der Waals surface area (Å²) in [5, 5.41) is 2.28. The monoisotopic (exact) mass is 169 g/mol. The quantitative estimate of drug-likeness (QED) is 0.465. The Morgan fingerprint density at radius 1 is 1.50 bits per heavy atom. The molecular weight excluding hydrogens is 158 g/mol. The minimum absolute atomic E-state index is 0.124. The van der Waals surface area contributed by atoms with Gasteiger partial charge in [0, 0.05) is 0 Å². The summed E-state index contributed by atoms with van der Waals surface area (Å²) in [4.78, 5) is 21.3. The molecule has 0 spiro atoms. The minimum atomic E-state index is -0.467. The zero-order valence-electron chi connectivity index (χ0n) is 7.14. The van der Waals surface area contributed by atoms with E-state index in [1.165, 1.54) is 0 Å². The molecule has 0 aromatic rings. The third-order valence-corrected chi connectivity index (χ3v) is 0.937. The summed E-state index contributed by atoms with van der Waals surface area (Å²) in [5.74, 6) is 3.72. The molecule has 0 unspecified atom stereocenters. The molecular formula is C8H11NO3. The van der Waals surface area contributed by atoms with Crippen molar-refractivity contribution in [3.05, 3.63) is 0 Å². The fourth-order valence-corrected chi connectivity index (χ4v) is 0.522. The van der Waals surface area contributed by atoms with Crippen molar-refractivity contribution in [2.45, 2.75) is 13.8 Å². The number of carbonyl (C=O) groups excluding carboxylic acids is 2. The summed E-state index contributed by atoms with van der Waals surface area (Å²) in [7, 11) is 0. The van der Waals surface area contributed by atoms with Crippen molar-refractivity contribution in [2.24, 2.45) is 0 Å². The molecule has 0 rings (SSSR count). The van der Waals surface area contributed by atoms with Crippen LogP contribution in [0.3, 0.4) is 0 Å². The molecule has 1 N–H and O–H groups in total. The first-order valence-electron chi connectivity index (χ1n) is 3.57. The Kier molecular flexibility index (Phi) is 5.45. The maximum absolute atomic E-state index is 10.7. The summed E-state index contributed by atoms with van der Waals surface area (Å²) in [6, 6.07) is 0. The molecule has 0 aliphatic carbocycles. The van der Waals surface area contributed by atoms with Crippen molar-refractivity contribution in [1.29, 1.82) is 0 Å². The van der Waals surface area contributed by atoms with Crippen LogP contribution in [0.1, 0.15) is 13.8 Å². The Balaban J connectivity index is 3.59. The molecule has 0 aromatic heterocycles. The molecule has 0 radical (unpaired) electrons. The predicted molar refractivity (Wildman–Crippen MR) is 43.1 cm³/mol. The predicted octanol–water partition coefficient (Wildman–Crippen LogP) is -0.311. The van der Waals surface area contributed by atoms with E-state index in [-0.39, 0.29) is 6.54 Å². The summed E-state index contributed by atoms with van der Waals surface area (Å²) < 4.78 is 4.57. The average Bonchev–Trinajstić information content (AvgIpc) is 2.02. The normalized spacial score (nSPS) is 7.83. The maximum atomic E-state index is 10.7. The van der Waals surface area contributed by atoms with Gasteiger partial charge in [0.25, 0.3) is 5.91 Å². The number of amides is 1. The van der Waals surface area contributed by atoms with Gasteiger partial charge >= 0.3 is 5.97 Å². The zero-order chi connectivity index (χ0) is 9.40. The Morgan fingerprint density at radius 3 is 2.67 bits per heavy atom. The summed E-state index contributed by atoms with van der Waals surface area (Å²) >= 11 is 0. The van der Waals surface area contributed by atoms with Crippen LogP contribution in [0.4, 0.5) is 0 Å². The van der Waals surface area contributed by atoms with Crippen LogP contribution in [-0.2, 0) is 14.3 Å². The standard InChI is InChI=1S/C8H11NO3/c1-3-5-7(10)9-6-8(11)12-4-2/h4,6H2,1-2H3,(H,9,10). The van der Waals surface area contributed by atoms with E-state index in [4.69, 9.17) is 0 Å². The lowest BCUT2D eigenvalue weighted by Gasteiger charge is -2.00. The van der Waals surface area contributed by atoms with Crippen LogP contribution in [0.15, 0.2) is 0 Å². The summed E-state index contributed by atoms with van der Waals surface area (Å²) in [6.45, 7) is 3.44. The van der Waals surface area contributed by atoms with E-state index in [1.54, 1.807) is 13.8 Å². The Hall–Kier alpha value is -1.50. The van der Waals surface area contributed by atoms with Gasteiger partial charge in [0.2, 0.25) is 0 Å². The van der Waals surface area contributed by atoms with Crippen molar-refractivity contribution in [3.63, 3.8) is 0 Å². The molecule has 0 aliphatic rings. The highest BCUT2D eigenvalue weighted by Gasteiger charge is 2.01. The van der Waals surface area contributed by atoms with Gasteiger partial charge in [-0.25, -0.2) is 0 Å². The molecule has 4 nitrogen and oxygen atoms in total. The molecule has 0 aliphatic heterocycles. The molecule has 0 saturated heterocycles. The van der Waals surface area contributed by atoms with E-state index in [0.717, 1.165) is 0 Å². The van der Waals surface area contributed by atoms with E-state index >= 15 is 0 Å². The highest BCUT2D eigenvalue weighted by molar-refractivity contribution is 5.95. The molecule has 66 valence electrons. The molecule has 0 saturated carbocycles. The van der Waals surface area contributed by atoms with Gasteiger partial charge in [-0.15, -0.1) is 0 Å². The Bertz CT molecular complexity index is 224. The van der Waals surface area contributed by atoms with E-state index in [1.807, 2.05) is 0 Å². The topological polar surface area (TPSA) is 55.4 Å². The maximum Gasteiger partial charge on any atom is 0.325 e. The molecule has 0 atom stereocenters. The Morgan fingerprint density at radius 2 is 2.17 bits per heavy atom. The number of rotatable bonds is 3. The van der Waals surface area contributed by atoms with Gasteiger partial charge in [-0.2, -0.15) is 0 Å². The van der Waals surface area contributed by atoms with Crippen LogP contribution < -0.4 is 5.32 Å². The molecule has 4 heteroatoms. The van der Waals surface area contributed by atoms with E-state index < -0.39 is 11.9 Å². The van der Waals surface area contributed by atoms with Gasteiger partial charge in [0.1, 0.15) is 6.54 Å². The highest BCUT2D eigenvalue weighted by atomic mass is 16.5. The number of nitrogens with one attached hydrogen (secondary N) is 1. The lowest BCUT2D eigenvalue weighted by atomic mass is 10.5. The highest BCUT2D eigenvalue weighted by Crippen LogP contribution is 1.74. The largest absolute Gasteiger partial charge is 0.465 e. The number of hydrogen-bond donors (Lipinski definition) is 1. The fraction of sp³-hybridized carbons (Fsp3) is 0.500. The van der Waals surface area contributed by atoms with Gasteiger partial charge in [0.15, 0.2) is 0 Å². The summed E-state index contributed by atoms with van der Waals surface area (Å²) in [6.07, 6.45) is 0. The van der Waals surface area contributed by atoms with Gasteiger partial charge in [-0.1, -0.05) is 5.92 Å². The van der Waals surface area contributed by atoms with Crippen LogP contribution in [0.25, 0.3) is 0 Å². The second-order valence-electron chi connectivity index (χ2n) is 1.86. The van der Waals surface area contributed by atoms with Crippen LogP contribution in [0.5, 0.6) is 0 Å². The molecule has 0 bridgehead atoms.